The highest BCUT2D eigenvalue weighted by Gasteiger charge is 2.51. The number of unbranched alkanes of at least 4 members (excludes halogenated alkanes) is 22. The van der Waals surface area contributed by atoms with Gasteiger partial charge >= 0.3 is 0 Å². The van der Waals surface area contributed by atoms with Crippen LogP contribution in [0, 0.1) is 0 Å². The molecule has 2 aliphatic heterocycles. The molecule has 290 valence electrons. The molecule has 1 aromatic carbocycles. The number of benzene rings is 1. The van der Waals surface area contributed by atoms with Crippen LogP contribution in [0.5, 0.6) is 5.75 Å². The number of hydrogen-bond acceptors (Lipinski definition) is 7. The van der Waals surface area contributed by atoms with Crippen molar-refractivity contribution in [2.45, 2.75) is 205 Å². The van der Waals surface area contributed by atoms with Crippen LogP contribution in [0.4, 0.5) is 0 Å². The maximum Gasteiger partial charge on any atom is 0.186 e. The van der Waals surface area contributed by atoms with E-state index in [9.17, 15) is 0 Å². The lowest BCUT2D eigenvalue weighted by molar-refractivity contribution is -0.367. The van der Waals surface area contributed by atoms with Gasteiger partial charge < -0.3 is 33.2 Å². The first kappa shape index (κ1) is 43.2. The van der Waals surface area contributed by atoms with Crippen molar-refractivity contribution in [2.24, 2.45) is 0 Å². The number of ether oxygens (including phenoxy) is 7. The Kier molecular flexibility index (Phi) is 24.4. The molecular formula is C43H76O7. The molecule has 6 atom stereocenters. The summed E-state index contributed by atoms with van der Waals surface area (Å²) in [4.78, 5) is 0. The van der Waals surface area contributed by atoms with Gasteiger partial charge in [-0.05, 0) is 25.0 Å². The van der Waals surface area contributed by atoms with E-state index in [1.807, 2.05) is 24.3 Å². The van der Waals surface area contributed by atoms with Crippen molar-refractivity contribution < 1.29 is 33.2 Å². The maximum atomic E-state index is 6.69. The fourth-order valence-electron chi connectivity index (χ4n) is 7.36. The molecular weight excluding hydrogens is 628 g/mol. The zero-order valence-corrected chi connectivity index (χ0v) is 32.7. The summed E-state index contributed by atoms with van der Waals surface area (Å²) < 4.78 is 43.6. The highest BCUT2D eigenvalue weighted by Crippen LogP contribution is 2.37. The fraction of sp³-hybridized carbons (Fsp3) is 0.860. The molecule has 2 saturated heterocycles. The van der Waals surface area contributed by atoms with Gasteiger partial charge in [0.15, 0.2) is 12.6 Å². The van der Waals surface area contributed by atoms with Crippen molar-refractivity contribution in [1.82, 2.24) is 0 Å². The van der Waals surface area contributed by atoms with Crippen molar-refractivity contribution in [3.05, 3.63) is 29.8 Å². The largest absolute Gasteiger partial charge is 0.497 e. The van der Waals surface area contributed by atoms with Crippen LogP contribution < -0.4 is 4.74 Å². The minimum Gasteiger partial charge on any atom is -0.497 e. The van der Waals surface area contributed by atoms with E-state index in [1.165, 1.54) is 141 Å². The van der Waals surface area contributed by atoms with Gasteiger partial charge in [-0.1, -0.05) is 167 Å². The van der Waals surface area contributed by atoms with Crippen LogP contribution in [-0.4, -0.2) is 64.7 Å². The maximum absolute atomic E-state index is 6.69. The second kappa shape index (κ2) is 28.3. The monoisotopic (exact) mass is 705 g/mol. The van der Waals surface area contributed by atoms with Crippen LogP contribution in [0.15, 0.2) is 24.3 Å². The van der Waals surface area contributed by atoms with Crippen molar-refractivity contribution in [3.63, 3.8) is 0 Å². The lowest BCUT2D eigenvalue weighted by Gasteiger charge is -2.48. The van der Waals surface area contributed by atoms with E-state index in [2.05, 4.69) is 13.8 Å². The van der Waals surface area contributed by atoms with Crippen molar-refractivity contribution in [2.75, 3.05) is 34.0 Å². The third-order valence-electron chi connectivity index (χ3n) is 10.5. The number of hydrogen-bond donors (Lipinski definition) is 0. The Hall–Kier alpha value is -1.22. The molecule has 0 aliphatic carbocycles. The molecule has 0 amide bonds. The summed E-state index contributed by atoms with van der Waals surface area (Å²) in [5, 5.41) is 0. The number of methoxy groups -OCH3 is 2. The summed E-state index contributed by atoms with van der Waals surface area (Å²) in [6.07, 6.45) is 29.4. The lowest BCUT2D eigenvalue weighted by Crippen LogP contribution is -2.63. The SMILES string of the molecule is CCCCCCCCCCCCCCO[C@@H]1[C@@H](OCCCCCCCCCCCCCC)[C@@H](OC)O[C@@H]2COC(c3ccc(OC)cc3)O[C@@H]12. The van der Waals surface area contributed by atoms with Gasteiger partial charge in [-0.25, -0.2) is 0 Å². The van der Waals surface area contributed by atoms with Gasteiger partial charge in [0.05, 0.1) is 13.7 Å². The van der Waals surface area contributed by atoms with Gasteiger partial charge in [-0.3, -0.25) is 0 Å². The smallest absolute Gasteiger partial charge is 0.186 e. The van der Waals surface area contributed by atoms with E-state index < -0.39 is 12.6 Å². The molecule has 0 bridgehead atoms. The van der Waals surface area contributed by atoms with Crippen molar-refractivity contribution >= 4 is 0 Å². The predicted octanol–water partition coefficient (Wildman–Crippen LogP) is 11.7. The standard InChI is InChI=1S/C43H76O7/c1-5-7-9-11-13-15-17-19-21-23-25-27-33-46-40-39-38(35-48-42(50-39)36-29-31-37(44-3)32-30-36)49-43(45-4)41(40)47-34-28-26-24-22-20-18-16-14-12-10-8-6-2/h29-32,38-43H,5-28,33-35H2,1-4H3/t38-,39-,40+,41-,42?,43+/m1/s1. The topological polar surface area (TPSA) is 64.6 Å². The molecule has 3 rings (SSSR count). The minimum absolute atomic E-state index is 0.284. The van der Waals surface area contributed by atoms with Crippen LogP contribution in [0.25, 0.3) is 0 Å². The minimum atomic E-state index is -0.523. The second-order valence-electron chi connectivity index (χ2n) is 14.8. The summed E-state index contributed by atoms with van der Waals surface area (Å²) in [6.45, 7) is 6.32. The van der Waals surface area contributed by atoms with Gasteiger partial charge in [0.1, 0.15) is 30.2 Å². The third-order valence-corrected chi connectivity index (χ3v) is 10.5. The number of fused-ring (bicyclic) bond motifs is 1. The highest BCUT2D eigenvalue weighted by molar-refractivity contribution is 5.28. The van der Waals surface area contributed by atoms with Gasteiger partial charge in [-0.2, -0.15) is 0 Å². The lowest BCUT2D eigenvalue weighted by atomic mass is 9.97. The summed E-state index contributed by atoms with van der Waals surface area (Å²) in [6, 6.07) is 7.87. The van der Waals surface area contributed by atoms with Crippen LogP contribution in [0.1, 0.15) is 180 Å². The molecule has 1 aromatic rings. The predicted molar refractivity (Wildman–Crippen MR) is 204 cm³/mol. The zero-order valence-electron chi connectivity index (χ0n) is 32.7. The molecule has 0 spiro atoms. The molecule has 7 heteroatoms. The summed E-state index contributed by atoms with van der Waals surface area (Å²) >= 11 is 0. The first-order valence-corrected chi connectivity index (χ1v) is 21.0. The molecule has 2 heterocycles. The summed E-state index contributed by atoms with van der Waals surface area (Å²) in [5.41, 5.74) is 0.951. The molecule has 0 saturated carbocycles. The van der Waals surface area contributed by atoms with Crippen molar-refractivity contribution in [3.8, 4) is 5.75 Å². The van der Waals surface area contributed by atoms with Gasteiger partial charge in [-0.15, -0.1) is 0 Å². The van der Waals surface area contributed by atoms with E-state index >= 15 is 0 Å². The van der Waals surface area contributed by atoms with Crippen molar-refractivity contribution in [1.29, 1.82) is 0 Å². The second-order valence-corrected chi connectivity index (χ2v) is 14.8. The Labute approximate surface area is 307 Å². The Morgan fingerprint density at radius 2 is 0.980 bits per heavy atom. The van der Waals surface area contributed by atoms with E-state index in [1.54, 1.807) is 14.2 Å². The van der Waals surface area contributed by atoms with Crippen LogP contribution in [-0.2, 0) is 28.4 Å². The zero-order chi connectivity index (χ0) is 35.5. The average Bonchev–Trinajstić information content (AvgIpc) is 3.15. The van der Waals surface area contributed by atoms with E-state index in [4.69, 9.17) is 33.2 Å². The molecule has 50 heavy (non-hydrogen) atoms. The first-order chi connectivity index (χ1) is 24.7. The Bertz CT molecular complexity index is 911. The Morgan fingerprint density at radius 3 is 1.42 bits per heavy atom. The average molecular weight is 705 g/mol. The molecule has 7 nitrogen and oxygen atoms in total. The quantitative estimate of drug-likeness (QED) is 0.0713. The Morgan fingerprint density at radius 1 is 0.540 bits per heavy atom. The first-order valence-electron chi connectivity index (χ1n) is 21.0. The normalized spacial score (nSPS) is 23.6. The molecule has 0 aromatic heterocycles. The third kappa shape index (κ3) is 17.1. The molecule has 2 aliphatic rings. The number of rotatable bonds is 31. The molecule has 2 fully saturated rings. The summed E-state index contributed by atoms with van der Waals surface area (Å²) in [5.74, 6) is 0.807. The summed E-state index contributed by atoms with van der Waals surface area (Å²) in [7, 11) is 3.37. The van der Waals surface area contributed by atoms with E-state index in [0.29, 0.717) is 19.8 Å². The molecule has 0 radical (unpaired) electrons. The van der Waals surface area contributed by atoms with Crippen LogP contribution in [0.2, 0.25) is 0 Å². The van der Waals surface area contributed by atoms with Gasteiger partial charge in [0.2, 0.25) is 0 Å². The Balaban J connectivity index is 1.45. The van der Waals surface area contributed by atoms with Gasteiger partial charge in [0.25, 0.3) is 0 Å². The fourth-order valence-corrected chi connectivity index (χ4v) is 7.36. The van der Waals surface area contributed by atoms with E-state index in [0.717, 1.165) is 24.2 Å². The van der Waals surface area contributed by atoms with Crippen LogP contribution in [0.3, 0.4) is 0 Å². The van der Waals surface area contributed by atoms with E-state index in [-0.39, 0.29) is 24.4 Å². The molecule has 1 unspecified atom stereocenters. The molecule has 0 N–H and O–H groups in total. The highest BCUT2D eigenvalue weighted by atomic mass is 16.8. The van der Waals surface area contributed by atoms with Gasteiger partial charge in [0, 0.05) is 25.9 Å². The van der Waals surface area contributed by atoms with Crippen LogP contribution >= 0.6 is 0 Å².